The van der Waals surface area contributed by atoms with Crippen molar-refractivity contribution in [2.45, 2.75) is 154 Å². The van der Waals surface area contributed by atoms with Crippen molar-refractivity contribution >= 4 is 38.9 Å². The number of hydrogen-bond acceptors (Lipinski definition) is 10. The van der Waals surface area contributed by atoms with Gasteiger partial charge in [-0.3, -0.25) is 28.3 Å². The number of azo groups is 1. The molecule has 16 nitrogen and oxygen atoms in total. The van der Waals surface area contributed by atoms with Crippen LogP contribution in [0.4, 0.5) is 0 Å². The van der Waals surface area contributed by atoms with E-state index in [-0.39, 0.29) is 63.4 Å². The van der Waals surface area contributed by atoms with Crippen molar-refractivity contribution in [2.24, 2.45) is 10.2 Å². The van der Waals surface area contributed by atoms with Crippen LogP contribution < -0.4 is 10.6 Å². The lowest BCUT2D eigenvalue weighted by Crippen LogP contribution is -2.44. The lowest BCUT2D eigenvalue weighted by molar-refractivity contribution is -0.144. The molecule has 0 radical (unpaired) electrons. The Morgan fingerprint density at radius 3 is 1.06 bits per heavy atom. The molecule has 18 heteroatoms. The molecule has 304 valence electrons. The molecule has 0 heterocycles. The average Bonchev–Trinajstić information content (AvgIpc) is 3.04. The summed E-state index contributed by atoms with van der Waals surface area (Å²) in [7, 11) is -7.79. The summed E-state index contributed by atoms with van der Waals surface area (Å²) >= 11 is 0. The number of nitrogens with zero attached hydrogens (tertiary/aromatic N) is 2. The molecule has 0 saturated heterocycles. The normalized spacial score (nSPS) is 12.5. The predicted octanol–water partition coefficient (Wildman–Crippen LogP) is 5.69. The third kappa shape index (κ3) is 30.3. The Morgan fingerprint density at radius 2 is 0.769 bits per heavy atom. The summed E-state index contributed by atoms with van der Waals surface area (Å²) in [6.45, 7) is 6.41. The van der Waals surface area contributed by atoms with Crippen LogP contribution in [0, 0.1) is 0 Å². The molecular formula is C34H66N4O12P2. The number of ether oxygens (including phenoxy) is 2. The molecule has 0 aromatic heterocycles. The molecule has 0 atom stereocenters. The smallest absolute Gasteiger partial charge is 0.325 e. The van der Waals surface area contributed by atoms with Gasteiger partial charge in [0.25, 0.3) is 0 Å². The molecule has 52 heavy (non-hydrogen) atoms. The van der Waals surface area contributed by atoms with Gasteiger partial charge >= 0.3 is 27.1 Å². The minimum absolute atomic E-state index is 0.0123. The zero-order valence-electron chi connectivity index (χ0n) is 31.8. The summed E-state index contributed by atoms with van der Waals surface area (Å²) in [5.74, 6) is -1.59. The van der Waals surface area contributed by atoms with E-state index in [0.717, 1.165) is 77.0 Å². The second-order valence-electron chi connectivity index (χ2n) is 14.2. The summed E-state index contributed by atoms with van der Waals surface area (Å²) in [6, 6.07) is 0. The maximum absolute atomic E-state index is 12.7. The van der Waals surface area contributed by atoms with Gasteiger partial charge in [0, 0.05) is 25.2 Å². The molecule has 0 aromatic rings. The molecule has 0 aliphatic carbocycles. The van der Waals surface area contributed by atoms with E-state index in [1.165, 1.54) is 0 Å². The fourth-order valence-electron chi connectivity index (χ4n) is 4.87. The number of esters is 2. The second-order valence-corrected chi connectivity index (χ2v) is 17.8. The second kappa shape index (κ2) is 27.4. The molecule has 0 aliphatic rings. The van der Waals surface area contributed by atoms with E-state index in [9.17, 15) is 28.3 Å². The summed E-state index contributed by atoms with van der Waals surface area (Å²) in [6.07, 6.45) is 14.1. The first-order chi connectivity index (χ1) is 24.3. The molecule has 0 aromatic carbocycles. The van der Waals surface area contributed by atoms with Crippen LogP contribution in [0.2, 0.25) is 0 Å². The molecule has 0 rings (SSSR count). The predicted molar refractivity (Wildman–Crippen MR) is 198 cm³/mol. The number of hydrogen-bond donors (Lipinski definition) is 6. The third-order valence-corrected chi connectivity index (χ3v) is 9.92. The molecule has 6 N–H and O–H groups in total. The Labute approximate surface area is 309 Å². The Balaban J connectivity index is 4.04. The molecule has 2 amide bonds. The molecule has 0 unspecified atom stereocenters. The zero-order valence-corrected chi connectivity index (χ0v) is 33.6. The van der Waals surface area contributed by atoms with Crippen LogP contribution in [0.5, 0.6) is 0 Å². The highest BCUT2D eigenvalue weighted by Gasteiger charge is 2.32. The average molecular weight is 785 g/mol. The fourth-order valence-corrected chi connectivity index (χ4v) is 6.14. The highest BCUT2D eigenvalue weighted by molar-refractivity contribution is 7.52. The van der Waals surface area contributed by atoms with Crippen LogP contribution in [0.3, 0.4) is 0 Å². The molecule has 0 spiro atoms. The van der Waals surface area contributed by atoms with Gasteiger partial charge in [0.2, 0.25) is 11.8 Å². The van der Waals surface area contributed by atoms with Crippen LogP contribution >= 0.6 is 15.2 Å². The SMILES string of the molecule is CC(C)(/N=N/C(C)(C)C(=O)NCCOC(=O)CCCCCCCCCCP(=O)(O)O)C(=O)NCCOC(=O)CCCCCCCCCCP(=O)(O)O. The highest BCUT2D eigenvalue weighted by atomic mass is 31.2. The Morgan fingerprint density at radius 1 is 0.500 bits per heavy atom. The molecule has 0 saturated carbocycles. The number of unbranched alkanes of at least 4 members (excludes halogenated alkanes) is 14. The van der Waals surface area contributed by atoms with Crippen molar-refractivity contribution in [3.8, 4) is 0 Å². The van der Waals surface area contributed by atoms with Gasteiger partial charge in [0.1, 0.15) is 13.2 Å². The van der Waals surface area contributed by atoms with Crippen molar-refractivity contribution in [3.63, 3.8) is 0 Å². The van der Waals surface area contributed by atoms with Gasteiger partial charge < -0.3 is 39.7 Å². The first-order valence-electron chi connectivity index (χ1n) is 18.7. The maximum atomic E-state index is 12.7. The quantitative estimate of drug-likeness (QED) is 0.0208. The fraction of sp³-hybridized carbons (Fsp3) is 0.882. The number of carbonyl (C=O) groups is 4. The van der Waals surface area contributed by atoms with E-state index < -0.39 is 38.1 Å². The van der Waals surface area contributed by atoms with E-state index in [2.05, 4.69) is 20.9 Å². The van der Waals surface area contributed by atoms with Crippen LogP contribution in [0.15, 0.2) is 10.2 Å². The highest BCUT2D eigenvalue weighted by Crippen LogP contribution is 2.36. The molecule has 0 aliphatic heterocycles. The molecule has 0 bridgehead atoms. The Kier molecular flexibility index (Phi) is 26.2. The van der Waals surface area contributed by atoms with Crippen molar-refractivity contribution in [3.05, 3.63) is 0 Å². The number of amides is 2. The van der Waals surface area contributed by atoms with Gasteiger partial charge in [-0.2, -0.15) is 10.2 Å². The maximum Gasteiger partial charge on any atom is 0.325 e. The summed E-state index contributed by atoms with van der Waals surface area (Å²) < 4.78 is 32.0. The van der Waals surface area contributed by atoms with Crippen LogP contribution in [-0.2, 0) is 37.8 Å². The van der Waals surface area contributed by atoms with Crippen molar-refractivity contribution in [2.75, 3.05) is 38.6 Å². The van der Waals surface area contributed by atoms with Gasteiger partial charge in [0.05, 0.1) is 13.1 Å². The summed E-state index contributed by atoms with van der Waals surface area (Å²) in [5.41, 5.74) is -2.57. The van der Waals surface area contributed by atoms with Crippen LogP contribution in [0.25, 0.3) is 0 Å². The summed E-state index contributed by atoms with van der Waals surface area (Å²) in [5, 5.41) is 13.5. The van der Waals surface area contributed by atoms with Crippen molar-refractivity contribution in [1.82, 2.24) is 10.6 Å². The monoisotopic (exact) mass is 784 g/mol. The first-order valence-corrected chi connectivity index (χ1v) is 22.3. The van der Waals surface area contributed by atoms with E-state index in [1.54, 1.807) is 27.7 Å². The first kappa shape index (κ1) is 49.8. The van der Waals surface area contributed by atoms with E-state index >= 15 is 0 Å². The van der Waals surface area contributed by atoms with Crippen molar-refractivity contribution < 1.29 is 57.4 Å². The summed E-state index contributed by atoms with van der Waals surface area (Å²) in [4.78, 5) is 84.7. The standard InChI is InChI=1S/C34H66N4O12P2/c1-33(2,31(41)35-23-25-49-29(39)21-17-13-9-5-7-11-15-19-27-51(43,44)45)37-38-34(3,4)32(42)36-24-26-50-30(40)22-18-14-10-6-8-12-16-20-28-52(46,47)48/h5-28H2,1-4H3,(H,35,41)(H,36,42)(H2,43,44,45)(H2,46,47,48)/b38-37+. The van der Waals surface area contributed by atoms with Crippen LogP contribution in [-0.4, -0.2) is 93.0 Å². The number of nitrogens with one attached hydrogen (secondary N) is 2. The lowest BCUT2D eigenvalue weighted by atomic mass is 10.0. The topological polar surface area (TPSA) is 251 Å². The van der Waals surface area contributed by atoms with Gasteiger partial charge in [0.15, 0.2) is 11.1 Å². The van der Waals surface area contributed by atoms with E-state index in [1.807, 2.05) is 0 Å². The Hall–Kier alpha value is -2.22. The number of rotatable bonds is 32. The number of carbonyl (C=O) groups excluding carboxylic acids is 4. The molecular weight excluding hydrogens is 718 g/mol. The van der Waals surface area contributed by atoms with E-state index in [0.29, 0.717) is 25.7 Å². The van der Waals surface area contributed by atoms with Gasteiger partial charge in [-0.1, -0.05) is 77.0 Å². The largest absolute Gasteiger partial charge is 0.464 e. The van der Waals surface area contributed by atoms with Gasteiger partial charge in [-0.15, -0.1) is 0 Å². The zero-order chi connectivity index (χ0) is 39.5. The Bertz CT molecular complexity index is 1080. The van der Waals surface area contributed by atoms with Gasteiger partial charge in [-0.25, -0.2) is 0 Å². The van der Waals surface area contributed by atoms with Crippen molar-refractivity contribution in [1.29, 1.82) is 0 Å². The van der Waals surface area contributed by atoms with Crippen LogP contribution in [0.1, 0.15) is 143 Å². The minimum Gasteiger partial charge on any atom is -0.464 e. The third-order valence-electron chi connectivity index (χ3n) is 8.12. The van der Waals surface area contributed by atoms with E-state index in [4.69, 9.17) is 29.0 Å². The molecule has 0 fully saturated rings. The minimum atomic E-state index is -3.90. The lowest BCUT2D eigenvalue weighted by Gasteiger charge is -2.22. The van der Waals surface area contributed by atoms with Gasteiger partial charge in [-0.05, 0) is 53.4 Å².